The van der Waals surface area contributed by atoms with E-state index >= 15 is 0 Å². The Labute approximate surface area is 122 Å². The van der Waals surface area contributed by atoms with Gasteiger partial charge >= 0.3 is 0 Å². The standard InChI is InChI=1S/C16H17FN2O2/c1-21-12-6-7-14(17)15(10-12)19-16(20)13-5-3-2-4-11(13)8-9-18/h2-7,10H,8-9,18H2,1H3,(H,19,20). The summed E-state index contributed by atoms with van der Waals surface area (Å²) in [5.41, 5.74) is 6.95. The van der Waals surface area contributed by atoms with Gasteiger partial charge in [-0.1, -0.05) is 18.2 Å². The van der Waals surface area contributed by atoms with Crippen LogP contribution in [0.1, 0.15) is 15.9 Å². The molecule has 0 fully saturated rings. The summed E-state index contributed by atoms with van der Waals surface area (Å²) in [6.45, 7) is 0.442. The van der Waals surface area contributed by atoms with Crippen molar-refractivity contribution in [3.63, 3.8) is 0 Å². The second kappa shape index (κ2) is 6.85. The zero-order chi connectivity index (χ0) is 15.2. The van der Waals surface area contributed by atoms with Crippen molar-refractivity contribution in [3.8, 4) is 5.75 Å². The summed E-state index contributed by atoms with van der Waals surface area (Å²) in [7, 11) is 1.48. The Morgan fingerprint density at radius 1 is 1.29 bits per heavy atom. The van der Waals surface area contributed by atoms with E-state index in [0.29, 0.717) is 24.3 Å². The van der Waals surface area contributed by atoms with E-state index < -0.39 is 5.82 Å². The van der Waals surface area contributed by atoms with E-state index in [1.54, 1.807) is 12.1 Å². The molecule has 0 radical (unpaired) electrons. The van der Waals surface area contributed by atoms with Crippen LogP contribution in [0.2, 0.25) is 0 Å². The van der Waals surface area contributed by atoms with Crippen molar-refractivity contribution in [3.05, 3.63) is 59.4 Å². The number of hydrogen-bond donors (Lipinski definition) is 2. The van der Waals surface area contributed by atoms with Crippen molar-refractivity contribution >= 4 is 11.6 Å². The minimum atomic E-state index is -0.513. The summed E-state index contributed by atoms with van der Waals surface area (Å²) in [6.07, 6.45) is 0.587. The lowest BCUT2D eigenvalue weighted by molar-refractivity contribution is 0.102. The molecule has 110 valence electrons. The van der Waals surface area contributed by atoms with Gasteiger partial charge < -0.3 is 15.8 Å². The predicted octanol–water partition coefficient (Wildman–Crippen LogP) is 2.59. The summed E-state index contributed by atoms with van der Waals surface area (Å²) in [6, 6.07) is 11.3. The Bertz CT molecular complexity index is 644. The maximum absolute atomic E-state index is 13.7. The molecular formula is C16H17FN2O2. The highest BCUT2D eigenvalue weighted by atomic mass is 19.1. The second-order valence-corrected chi connectivity index (χ2v) is 4.50. The fraction of sp³-hybridized carbons (Fsp3) is 0.188. The van der Waals surface area contributed by atoms with Crippen LogP contribution in [0.25, 0.3) is 0 Å². The van der Waals surface area contributed by atoms with E-state index in [4.69, 9.17) is 10.5 Å². The van der Waals surface area contributed by atoms with E-state index in [9.17, 15) is 9.18 Å². The average Bonchev–Trinajstić information content (AvgIpc) is 2.50. The van der Waals surface area contributed by atoms with E-state index in [2.05, 4.69) is 5.32 Å². The van der Waals surface area contributed by atoms with Crippen LogP contribution in [0.4, 0.5) is 10.1 Å². The van der Waals surface area contributed by atoms with Gasteiger partial charge in [0.05, 0.1) is 12.8 Å². The summed E-state index contributed by atoms with van der Waals surface area (Å²) < 4.78 is 18.8. The van der Waals surface area contributed by atoms with Gasteiger partial charge in [0.25, 0.3) is 5.91 Å². The third-order valence-corrected chi connectivity index (χ3v) is 3.10. The number of carbonyl (C=O) groups excluding carboxylic acids is 1. The van der Waals surface area contributed by atoms with Crippen molar-refractivity contribution in [2.75, 3.05) is 19.0 Å². The number of hydrogen-bond acceptors (Lipinski definition) is 3. The Hall–Kier alpha value is -2.40. The molecular weight excluding hydrogens is 271 g/mol. The molecule has 0 heterocycles. The molecule has 0 unspecified atom stereocenters. The van der Waals surface area contributed by atoms with Crippen LogP contribution in [0.5, 0.6) is 5.75 Å². The van der Waals surface area contributed by atoms with E-state index in [0.717, 1.165) is 5.56 Å². The summed E-state index contributed by atoms with van der Waals surface area (Å²) in [5.74, 6) is -0.409. The molecule has 0 spiro atoms. The van der Waals surface area contributed by atoms with Gasteiger partial charge in [-0.25, -0.2) is 4.39 Å². The molecule has 2 rings (SSSR count). The van der Waals surface area contributed by atoms with Crippen molar-refractivity contribution in [1.29, 1.82) is 0 Å². The normalized spacial score (nSPS) is 10.2. The molecule has 0 saturated carbocycles. The molecule has 0 bridgehead atoms. The number of nitrogens with one attached hydrogen (secondary N) is 1. The smallest absolute Gasteiger partial charge is 0.256 e. The summed E-state index contributed by atoms with van der Waals surface area (Å²) >= 11 is 0. The largest absolute Gasteiger partial charge is 0.497 e. The van der Waals surface area contributed by atoms with Gasteiger partial charge in [0.15, 0.2) is 0 Å². The van der Waals surface area contributed by atoms with Gasteiger partial charge in [-0.3, -0.25) is 4.79 Å². The minimum absolute atomic E-state index is 0.0851. The summed E-state index contributed by atoms with van der Waals surface area (Å²) in [4.78, 5) is 12.3. The Morgan fingerprint density at radius 3 is 2.76 bits per heavy atom. The number of benzene rings is 2. The fourth-order valence-electron chi connectivity index (χ4n) is 2.03. The van der Waals surface area contributed by atoms with Gasteiger partial charge in [-0.05, 0) is 36.7 Å². The lowest BCUT2D eigenvalue weighted by Gasteiger charge is -2.11. The summed E-state index contributed by atoms with van der Waals surface area (Å²) in [5, 5.41) is 2.57. The SMILES string of the molecule is COc1ccc(F)c(NC(=O)c2ccccc2CCN)c1. The number of methoxy groups -OCH3 is 1. The van der Waals surface area contributed by atoms with Crippen LogP contribution in [0.3, 0.4) is 0 Å². The van der Waals surface area contributed by atoms with Gasteiger partial charge in [0.1, 0.15) is 11.6 Å². The number of nitrogens with two attached hydrogens (primary N) is 1. The number of ether oxygens (including phenoxy) is 1. The fourth-order valence-corrected chi connectivity index (χ4v) is 2.03. The van der Waals surface area contributed by atoms with Gasteiger partial charge in [0, 0.05) is 11.6 Å². The number of carbonyl (C=O) groups is 1. The Morgan fingerprint density at radius 2 is 2.05 bits per heavy atom. The highest BCUT2D eigenvalue weighted by molar-refractivity contribution is 6.05. The first kappa shape index (κ1) is 15.0. The molecule has 1 amide bonds. The molecule has 3 N–H and O–H groups in total. The zero-order valence-electron chi connectivity index (χ0n) is 11.7. The zero-order valence-corrected chi connectivity index (χ0v) is 11.7. The van der Waals surface area contributed by atoms with E-state index in [1.807, 2.05) is 12.1 Å². The molecule has 2 aromatic rings. The maximum atomic E-state index is 13.7. The minimum Gasteiger partial charge on any atom is -0.497 e. The van der Waals surface area contributed by atoms with Gasteiger partial charge in [-0.15, -0.1) is 0 Å². The second-order valence-electron chi connectivity index (χ2n) is 4.50. The molecule has 0 atom stereocenters. The quantitative estimate of drug-likeness (QED) is 0.888. The predicted molar refractivity (Wildman–Crippen MR) is 80.1 cm³/mol. The van der Waals surface area contributed by atoms with Crippen LogP contribution in [0.15, 0.2) is 42.5 Å². The molecule has 0 aromatic heterocycles. The molecule has 5 heteroatoms. The molecule has 2 aromatic carbocycles. The Balaban J connectivity index is 2.26. The van der Waals surface area contributed by atoms with Crippen molar-refractivity contribution in [2.45, 2.75) is 6.42 Å². The highest BCUT2D eigenvalue weighted by Crippen LogP contribution is 2.22. The maximum Gasteiger partial charge on any atom is 0.256 e. The molecule has 0 aliphatic rings. The molecule has 0 aliphatic heterocycles. The van der Waals surface area contributed by atoms with Crippen molar-refractivity contribution in [1.82, 2.24) is 0 Å². The number of anilines is 1. The molecule has 0 saturated heterocycles. The first-order chi connectivity index (χ1) is 10.2. The lowest BCUT2D eigenvalue weighted by Crippen LogP contribution is -2.16. The van der Waals surface area contributed by atoms with E-state index in [1.165, 1.54) is 25.3 Å². The lowest BCUT2D eigenvalue weighted by atomic mass is 10.0. The third kappa shape index (κ3) is 3.58. The topological polar surface area (TPSA) is 64.3 Å². The number of amides is 1. The molecule has 0 aliphatic carbocycles. The van der Waals surface area contributed by atoms with Crippen LogP contribution < -0.4 is 15.8 Å². The Kier molecular flexibility index (Phi) is 4.90. The number of rotatable bonds is 5. The molecule has 4 nitrogen and oxygen atoms in total. The van der Waals surface area contributed by atoms with Gasteiger partial charge in [0.2, 0.25) is 0 Å². The highest BCUT2D eigenvalue weighted by Gasteiger charge is 2.13. The third-order valence-electron chi connectivity index (χ3n) is 3.10. The first-order valence-electron chi connectivity index (χ1n) is 6.58. The number of halogens is 1. The monoisotopic (exact) mass is 288 g/mol. The van der Waals surface area contributed by atoms with Crippen LogP contribution in [-0.4, -0.2) is 19.6 Å². The van der Waals surface area contributed by atoms with Crippen LogP contribution >= 0.6 is 0 Å². The van der Waals surface area contributed by atoms with Crippen molar-refractivity contribution in [2.24, 2.45) is 5.73 Å². The van der Waals surface area contributed by atoms with Crippen molar-refractivity contribution < 1.29 is 13.9 Å². The van der Waals surface area contributed by atoms with E-state index in [-0.39, 0.29) is 11.6 Å². The van der Waals surface area contributed by atoms with Crippen LogP contribution in [-0.2, 0) is 6.42 Å². The van der Waals surface area contributed by atoms with Crippen LogP contribution in [0, 0.1) is 5.82 Å². The average molecular weight is 288 g/mol. The van der Waals surface area contributed by atoms with Gasteiger partial charge in [-0.2, -0.15) is 0 Å². The molecule has 21 heavy (non-hydrogen) atoms. The first-order valence-corrected chi connectivity index (χ1v) is 6.58.